The number of hydrogen-bond acceptors (Lipinski definition) is 3. The predicted molar refractivity (Wildman–Crippen MR) is 98.8 cm³/mol. The number of hydrogen-bond donors (Lipinski definition) is 1. The summed E-state index contributed by atoms with van der Waals surface area (Å²) in [6.45, 7) is 6.99. The van der Waals surface area contributed by atoms with Gasteiger partial charge in [0.1, 0.15) is 0 Å². The Kier molecular flexibility index (Phi) is 5.09. The van der Waals surface area contributed by atoms with Gasteiger partial charge in [-0.1, -0.05) is 26.7 Å². The molecule has 0 bridgehead atoms. The molecule has 6 nitrogen and oxygen atoms in total. The SMILES string of the molecule is CCO[C@H]1C[C@@H](N(C)C(=O)Nc2cn(C)nc2C(C)C)C12CCCC2. The van der Waals surface area contributed by atoms with Gasteiger partial charge in [0.05, 0.1) is 17.5 Å². The zero-order chi connectivity index (χ0) is 18.2. The van der Waals surface area contributed by atoms with E-state index in [1.165, 1.54) is 25.7 Å². The van der Waals surface area contributed by atoms with E-state index in [0.29, 0.717) is 6.10 Å². The number of carbonyl (C=O) groups is 1. The second-order valence-corrected chi connectivity index (χ2v) is 7.93. The molecule has 0 aliphatic heterocycles. The van der Waals surface area contributed by atoms with E-state index in [2.05, 4.69) is 31.2 Å². The van der Waals surface area contributed by atoms with Crippen LogP contribution in [-0.2, 0) is 11.8 Å². The number of nitrogens with zero attached hydrogens (tertiary/aromatic N) is 3. The van der Waals surface area contributed by atoms with E-state index < -0.39 is 0 Å². The maximum Gasteiger partial charge on any atom is 0.321 e. The highest BCUT2D eigenvalue weighted by Crippen LogP contribution is 2.56. The van der Waals surface area contributed by atoms with E-state index in [9.17, 15) is 4.79 Å². The van der Waals surface area contributed by atoms with E-state index in [0.717, 1.165) is 24.4 Å². The zero-order valence-corrected chi connectivity index (χ0v) is 16.2. The summed E-state index contributed by atoms with van der Waals surface area (Å²) >= 11 is 0. The molecule has 140 valence electrons. The van der Waals surface area contributed by atoms with Gasteiger partial charge < -0.3 is 15.0 Å². The van der Waals surface area contributed by atoms with E-state index in [1.54, 1.807) is 4.68 Å². The fourth-order valence-corrected chi connectivity index (χ4v) is 4.77. The number of rotatable bonds is 5. The first-order chi connectivity index (χ1) is 11.9. The van der Waals surface area contributed by atoms with E-state index >= 15 is 0 Å². The molecule has 0 aromatic carbocycles. The summed E-state index contributed by atoms with van der Waals surface area (Å²) in [5, 5.41) is 7.55. The van der Waals surface area contributed by atoms with Crippen LogP contribution < -0.4 is 5.32 Å². The van der Waals surface area contributed by atoms with Crippen molar-refractivity contribution in [2.75, 3.05) is 19.0 Å². The van der Waals surface area contributed by atoms with Crippen LogP contribution in [0.25, 0.3) is 0 Å². The maximum absolute atomic E-state index is 12.9. The fraction of sp³-hybridized carbons (Fsp3) is 0.789. The summed E-state index contributed by atoms with van der Waals surface area (Å²) in [7, 11) is 3.81. The molecule has 6 heteroatoms. The molecule has 0 saturated heterocycles. The Morgan fingerprint density at radius 3 is 2.76 bits per heavy atom. The van der Waals surface area contributed by atoms with Gasteiger partial charge >= 0.3 is 6.03 Å². The second-order valence-electron chi connectivity index (χ2n) is 7.93. The molecule has 0 radical (unpaired) electrons. The minimum atomic E-state index is -0.0406. The lowest BCUT2D eigenvalue weighted by atomic mass is 9.60. The number of aromatic nitrogens is 2. The third-order valence-corrected chi connectivity index (χ3v) is 6.08. The van der Waals surface area contributed by atoms with Crippen LogP contribution in [0.4, 0.5) is 10.5 Å². The number of ether oxygens (including phenoxy) is 1. The number of carbonyl (C=O) groups excluding carboxylic acids is 1. The zero-order valence-electron chi connectivity index (χ0n) is 16.2. The molecule has 2 fully saturated rings. The summed E-state index contributed by atoms with van der Waals surface area (Å²) in [6, 6.07) is 0.229. The highest BCUT2D eigenvalue weighted by Gasteiger charge is 2.58. The summed E-state index contributed by atoms with van der Waals surface area (Å²) in [5.41, 5.74) is 1.91. The summed E-state index contributed by atoms with van der Waals surface area (Å²) in [4.78, 5) is 14.8. The van der Waals surface area contributed by atoms with Crippen molar-refractivity contribution in [3.63, 3.8) is 0 Å². The van der Waals surface area contributed by atoms with Gasteiger partial charge in [-0.05, 0) is 32.1 Å². The molecular formula is C19H32N4O2. The molecule has 2 aliphatic rings. The van der Waals surface area contributed by atoms with Crippen molar-refractivity contribution in [2.45, 2.75) is 70.9 Å². The average Bonchev–Trinajstić information content (AvgIpc) is 3.19. The minimum absolute atomic E-state index is 0.0406. The number of anilines is 1. The molecule has 0 unspecified atom stereocenters. The van der Waals surface area contributed by atoms with Crippen molar-refractivity contribution < 1.29 is 9.53 Å². The summed E-state index contributed by atoms with van der Waals surface area (Å²) < 4.78 is 7.74. The van der Waals surface area contributed by atoms with Gasteiger partial charge in [-0.15, -0.1) is 0 Å². The molecule has 1 aromatic rings. The lowest BCUT2D eigenvalue weighted by Gasteiger charge is -2.56. The van der Waals surface area contributed by atoms with Gasteiger partial charge in [0.25, 0.3) is 0 Å². The highest BCUT2D eigenvalue weighted by atomic mass is 16.5. The molecule has 2 aliphatic carbocycles. The molecular weight excluding hydrogens is 316 g/mol. The molecule has 1 heterocycles. The van der Waals surface area contributed by atoms with Crippen LogP contribution in [-0.4, -0.2) is 46.5 Å². The van der Waals surface area contributed by atoms with E-state index in [4.69, 9.17) is 4.74 Å². The molecule has 2 saturated carbocycles. The number of nitrogens with one attached hydrogen (secondary N) is 1. The summed E-state index contributed by atoms with van der Waals surface area (Å²) in [6.07, 6.45) is 7.97. The van der Waals surface area contributed by atoms with Gasteiger partial charge in [0, 0.05) is 38.4 Å². The standard InChI is InChI=1S/C19H32N4O2/c1-6-25-16-11-15(19(16)9-7-8-10-19)23(5)18(24)20-14-12-22(4)21-17(14)13(2)3/h12-13,15-16H,6-11H2,1-5H3,(H,20,24)/t15-,16+/m1/s1. The lowest BCUT2D eigenvalue weighted by Crippen LogP contribution is -2.64. The third-order valence-electron chi connectivity index (χ3n) is 6.08. The minimum Gasteiger partial charge on any atom is -0.378 e. The second kappa shape index (κ2) is 6.98. The highest BCUT2D eigenvalue weighted by molar-refractivity contribution is 5.90. The number of amides is 2. The van der Waals surface area contributed by atoms with Crippen molar-refractivity contribution in [1.82, 2.24) is 14.7 Å². The molecule has 2 amide bonds. The Morgan fingerprint density at radius 1 is 1.48 bits per heavy atom. The Labute approximate surface area is 150 Å². The smallest absolute Gasteiger partial charge is 0.321 e. The van der Waals surface area contributed by atoms with Crippen molar-refractivity contribution >= 4 is 11.7 Å². The maximum atomic E-state index is 12.9. The first-order valence-corrected chi connectivity index (χ1v) is 9.58. The van der Waals surface area contributed by atoms with Gasteiger partial charge in [-0.25, -0.2) is 4.79 Å². The molecule has 1 spiro atoms. The van der Waals surface area contributed by atoms with E-state index in [1.807, 2.05) is 25.2 Å². The normalized spacial score (nSPS) is 24.6. The molecule has 3 rings (SSSR count). The Bertz CT molecular complexity index is 619. The first-order valence-electron chi connectivity index (χ1n) is 9.58. The molecule has 2 atom stereocenters. The predicted octanol–water partition coefficient (Wildman–Crippen LogP) is 3.75. The quantitative estimate of drug-likeness (QED) is 0.882. The van der Waals surface area contributed by atoms with Crippen molar-refractivity contribution in [2.24, 2.45) is 12.5 Å². The largest absolute Gasteiger partial charge is 0.378 e. The number of aryl methyl sites for hydroxylation is 1. The molecule has 1 N–H and O–H groups in total. The summed E-state index contributed by atoms with van der Waals surface area (Å²) in [5.74, 6) is 0.272. The third kappa shape index (κ3) is 3.16. The van der Waals surface area contributed by atoms with Crippen molar-refractivity contribution in [3.05, 3.63) is 11.9 Å². The first kappa shape index (κ1) is 18.2. The van der Waals surface area contributed by atoms with Gasteiger partial charge in [0.2, 0.25) is 0 Å². The van der Waals surface area contributed by atoms with Gasteiger partial charge in [-0.2, -0.15) is 5.10 Å². The van der Waals surface area contributed by atoms with Crippen LogP contribution in [0, 0.1) is 5.41 Å². The fourth-order valence-electron chi connectivity index (χ4n) is 4.77. The lowest BCUT2D eigenvalue weighted by molar-refractivity contribution is -0.150. The Balaban J connectivity index is 1.71. The topological polar surface area (TPSA) is 59.4 Å². The van der Waals surface area contributed by atoms with Crippen LogP contribution in [0.3, 0.4) is 0 Å². The number of urea groups is 1. The average molecular weight is 348 g/mol. The van der Waals surface area contributed by atoms with E-state index in [-0.39, 0.29) is 23.4 Å². The van der Waals surface area contributed by atoms with Crippen LogP contribution >= 0.6 is 0 Å². The van der Waals surface area contributed by atoms with Crippen molar-refractivity contribution in [1.29, 1.82) is 0 Å². The Morgan fingerprint density at radius 2 is 2.16 bits per heavy atom. The van der Waals surface area contributed by atoms with Gasteiger partial charge in [-0.3, -0.25) is 4.68 Å². The van der Waals surface area contributed by atoms with Gasteiger partial charge in [0.15, 0.2) is 0 Å². The van der Waals surface area contributed by atoms with Crippen LogP contribution in [0.5, 0.6) is 0 Å². The van der Waals surface area contributed by atoms with Crippen molar-refractivity contribution in [3.8, 4) is 0 Å². The Hall–Kier alpha value is -1.56. The van der Waals surface area contributed by atoms with Crippen LogP contribution in [0.1, 0.15) is 64.5 Å². The monoisotopic (exact) mass is 348 g/mol. The molecule has 1 aromatic heterocycles. The van der Waals surface area contributed by atoms with Crippen LogP contribution in [0.2, 0.25) is 0 Å². The van der Waals surface area contributed by atoms with Crippen LogP contribution in [0.15, 0.2) is 6.20 Å². The molecule has 25 heavy (non-hydrogen) atoms.